The Morgan fingerprint density at radius 1 is 1.25 bits per heavy atom. The molecule has 6 heteroatoms. The molecule has 0 saturated heterocycles. The van der Waals surface area contributed by atoms with Gasteiger partial charge in [-0.1, -0.05) is 44.2 Å². The number of nitriles is 1. The zero-order valence-electron chi connectivity index (χ0n) is 16.6. The number of primary amides is 1. The Labute approximate surface area is 165 Å². The van der Waals surface area contributed by atoms with Crippen molar-refractivity contribution in [3.05, 3.63) is 64.5 Å². The Morgan fingerprint density at radius 3 is 2.43 bits per heavy atom. The number of benzene rings is 1. The molecule has 0 bridgehead atoms. The van der Waals surface area contributed by atoms with Gasteiger partial charge in [-0.05, 0) is 37.5 Å². The summed E-state index contributed by atoms with van der Waals surface area (Å²) in [6.45, 7) is 9.02. The fourth-order valence-corrected chi connectivity index (χ4v) is 3.00. The first kappa shape index (κ1) is 21.0. The number of amides is 1. The van der Waals surface area contributed by atoms with Crippen LogP contribution in [0.4, 0.5) is 0 Å². The molecule has 2 N–H and O–H groups in total. The number of nitrogens with zero attached hydrogens (tertiary/aromatic N) is 2. The molecule has 1 aromatic heterocycles. The van der Waals surface area contributed by atoms with E-state index in [1.807, 2.05) is 26.0 Å². The largest absolute Gasteiger partial charge is 0.443 e. The lowest BCUT2D eigenvalue weighted by Gasteiger charge is -2.14. The quantitative estimate of drug-likeness (QED) is 0.452. The minimum absolute atomic E-state index is 0.188. The Hall–Kier alpha value is -3.33. The minimum atomic E-state index is -1.25. The fourth-order valence-electron chi connectivity index (χ4n) is 3.00. The zero-order chi connectivity index (χ0) is 20.8. The minimum Gasteiger partial charge on any atom is -0.443 e. The summed E-state index contributed by atoms with van der Waals surface area (Å²) in [7, 11) is 0. The fraction of sp³-hybridized carbons (Fsp3) is 0.318. The van der Waals surface area contributed by atoms with Crippen molar-refractivity contribution in [2.75, 3.05) is 0 Å². The predicted molar refractivity (Wildman–Crippen MR) is 107 cm³/mol. The molecule has 0 fully saturated rings. The van der Waals surface area contributed by atoms with E-state index in [1.165, 1.54) is 6.08 Å². The van der Waals surface area contributed by atoms with E-state index >= 15 is 0 Å². The van der Waals surface area contributed by atoms with Gasteiger partial charge in [0.15, 0.2) is 0 Å². The van der Waals surface area contributed by atoms with E-state index < -0.39 is 18.0 Å². The van der Waals surface area contributed by atoms with Gasteiger partial charge < -0.3 is 15.0 Å². The zero-order valence-corrected chi connectivity index (χ0v) is 16.6. The summed E-state index contributed by atoms with van der Waals surface area (Å²) in [6.07, 6.45) is 0.240. The van der Waals surface area contributed by atoms with Gasteiger partial charge in [-0.2, -0.15) is 5.26 Å². The molecule has 0 saturated carbocycles. The van der Waals surface area contributed by atoms with Crippen LogP contribution in [0.5, 0.6) is 0 Å². The number of hydrogen-bond donors (Lipinski definition) is 1. The number of carbonyl (C=O) groups is 2. The standard InChI is InChI=1S/C22H25N3O3/c1-14(2)13-25-15(3)10-18(16(25)4)11-19(12-23)22(27)28-20(21(24)26)17-8-6-5-7-9-17/h5-11,14,20H,13H2,1-4H3,(H2,24,26)/b19-11+. The molecule has 146 valence electrons. The van der Waals surface area contributed by atoms with Crippen molar-refractivity contribution in [3.8, 4) is 6.07 Å². The highest BCUT2D eigenvalue weighted by atomic mass is 16.5. The average Bonchev–Trinajstić information content (AvgIpc) is 2.91. The second-order valence-corrected chi connectivity index (χ2v) is 7.10. The van der Waals surface area contributed by atoms with Gasteiger partial charge in [-0.25, -0.2) is 4.79 Å². The van der Waals surface area contributed by atoms with E-state index in [1.54, 1.807) is 30.3 Å². The van der Waals surface area contributed by atoms with Crippen molar-refractivity contribution in [2.45, 2.75) is 40.3 Å². The van der Waals surface area contributed by atoms with Crippen molar-refractivity contribution >= 4 is 18.0 Å². The molecule has 1 unspecified atom stereocenters. The van der Waals surface area contributed by atoms with Crippen LogP contribution in [-0.4, -0.2) is 16.4 Å². The van der Waals surface area contributed by atoms with Crippen LogP contribution in [0.1, 0.15) is 42.5 Å². The Kier molecular flexibility index (Phi) is 6.78. The lowest BCUT2D eigenvalue weighted by molar-refractivity contribution is -0.151. The summed E-state index contributed by atoms with van der Waals surface area (Å²) >= 11 is 0. The number of rotatable bonds is 7. The number of ether oxygens (including phenoxy) is 1. The molecule has 2 aromatic rings. The molecular weight excluding hydrogens is 354 g/mol. The smallest absolute Gasteiger partial charge is 0.350 e. The molecule has 6 nitrogen and oxygen atoms in total. The van der Waals surface area contributed by atoms with Crippen LogP contribution in [0, 0.1) is 31.1 Å². The first-order valence-corrected chi connectivity index (χ1v) is 9.08. The van der Waals surface area contributed by atoms with E-state index in [-0.39, 0.29) is 5.57 Å². The van der Waals surface area contributed by atoms with Gasteiger partial charge in [0.25, 0.3) is 5.91 Å². The molecule has 1 atom stereocenters. The predicted octanol–water partition coefficient (Wildman–Crippen LogP) is 3.44. The third kappa shape index (κ3) is 4.89. The number of esters is 1. The number of nitrogens with two attached hydrogens (primary N) is 1. The SMILES string of the molecule is Cc1cc(/C=C(\C#N)C(=O)OC(C(N)=O)c2ccccc2)c(C)n1CC(C)C. The molecule has 1 amide bonds. The molecular formula is C22H25N3O3. The highest BCUT2D eigenvalue weighted by Crippen LogP contribution is 2.22. The molecule has 0 radical (unpaired) electrons. The van der Waals surface area contributed by atoms with Crippen molar-refractivity contribution in [1.82, 2.24) is 4.57 Å². The van der Waals surface area contributed by atoms with Crippen molar-refractivity contribution < 1.29 is 14.3 Å². The van der Waals surface area contributed by atoms with Crippen molar-refractivity contribution in [1.29, 1.82) is 5.26 Å². The van der Waals surface area contributed by atoms with E-state index in [0.29, 0.717) is 11.5 Å². The van der Waals surface area contributed by atoms with E-state index in [2.05, 4.69) is 18.4 Å². The van der Waals surface area contributed by atoms with Gasteiger partial charge in [-0.15, -0.1) is 0 Å². The molecule has 0 aliphatic carbocycles. The first-order valence-electron chi connectivity index (χ1n) is 9.08. The lowest BCUT2D eigenvalue weighted by atomic mass is 10.1. The van der Waals surface area contributed by atoms with Gasteiger partial charge in [-0.3, -0.25) is 4.79 Å². The summed E-state index contributed by atoms with van der Waals surface area (Å²) in [5.41, 5.74) is 8.42. The first-order chi connectivity index (χ1) is 13.2. The highest BCUT2D eigenvalue weighted by Gasteiger charge is 2.24. The highest BCUT2D eigenvalue weighted by molar-refractivity contribution is 5.99. The number of aryl methyl sites for hydroxylation is 1. The summed E-state index contributed by atoms with van der Waals surface area (Å²) < 4.78 is 7.40. The maximum absolute atomic E-state index is 12.5. The molecule has 0 spiro atoms. The van der Waals surface area contributed by atoms with Crippen LogP contribution in [0.25, 0.3) is 6.08 Å². The topological polar surface area (TPSA) is 98.1 Å². The number of carbonyl (C=O) groups excluding carboxylic acids is 2. The molecule has 28 heavy (non-hydrogen) atoms. The average molecular weight is 379 g/mol. The van der Waals surface area contributed by atoms with E-state index in [0.717, 1.165) is 23.5 Å². The van der Waals surface area contributed by atoms with Crippen molar-refractivity contribution in [2.24, 2.45) is 11.7 Å². The van der Waals surface area contributed by atoms with E-state index in [4.69, 9.17) is 10.5 Å². The van der Waals surface area contributed by atoms with Crippen LogP contribution < -0.4 is 5.73 Å². The van der Waals surface area contributed by atoms with Gasteiger partial charge in [0, 0.05) is 23.5 Å². The number of hydrogen-bond acceptors (Lipinski definition) is 4. The van der Waals surface area contributed by atoms with Crippen LogP contribution in [0.3, 0.4) is 0 Å². The second-order valence-electron chi connectivity index (χ2n) is 7.10. The Bertz CT molecular complexity index is 934. The summed E-state index contributed by atoms with van der Waals surface area (Å²) in [5, 5.41) is 9.45. The lowest BCUT2D eigenvalue weighted by Crippen LogP contribution is -2.26. The van der Waals surface area contributed by atoms with Crippen LogP contribution in [0.15, 0.2) is 42.0 Å². The molecule has 2 rings (SSSR count). The Balaban J connectivity index is 2.31. The summed E-state index contributed by atoms with van der Waals surface area (Å²) in [4.78, 5) is 24.3. The van der Waals surface area contributed by atoms with Crippen LogP contribution in [-0.2, 0) is 20.9 Å². The summed E-state index contributed by atoms with van der Waals surface area (Å²) in [6, 6.07) is 12.3. The monoisotopic (exact) mass is 379 g/mol. The second kappa shape index (κ2) is 9.05. The summed E-state index contributed by atoms with van der Waals surface area (Å²) in [5.74, 6) is -1.22. The normalized spacial score (nSPS) is 12.5. The van der Waals surface area contributed by atoms with Crippen molar-refractivity contribution in [3.63, 3.8) is 0 Å². The number of aromatic nitrogens is 1. The van der Waals surface area contributed by atoms with Gasteiger partial charge in [0.1, 0.15) is 11.6 Å². The Morgan fingerprint density at radius 2 is 1.89 bits per heavy atom. The van der Waals surface area contributed by atoms with Gasteiger partial charge >= 0.3 is 5.97 Å². The maximum Gasteiger partial charge on any atom is 0.350 e. The molecule has 0 aliphatic rings. The maximum atomic E-state index is 12.5. The molecule has 1 aromatic carbocycles. The third-order valence-corrected chi connectivity index (χ3v) is 4.39. The molecule has 1 heterocycles. The molecule has 0 aliphatic heterocycles. The van der Waals surface area contributed by atoms with Crippen LogP contribution in [0.2, 0.25) is 0 Å². The van der Waals surface area contributed by atoms with E-state index in [9.17, 15) is 14.9 Å². The van der Waals surface area contributed by atoms with Gasteiger partial charge in [0.2, 0.25) is 6.10 Å². The third-order valence-electron chi connectivity index (χ3n) is 4.39. The van der Waals surface area contributed by atoms with Gasteiger partial charge in [0.05, 0.1) is 0 Å². The van der Waals surface area contributed by atoms with Crippen LogP contribution >= 0.6 is 0 Å².